The maximum atomic E-state index is 10.5. The fourth-order valence-electron chi connectivity index (χ4n) is 2.59. The van der Waals surface area contributed by atoms with Gasteiger partial charge < -0.3 is 9.84 Å². The summed E-state index contributed by atoms with van der Waals surface area (Å²) in [7, 11) is 0. The largest absolute Gasteiger partial charge is 0.494 e. The zero-order chi connectivity index (χ0) is 16.1. The minimum Gasteiger partial charge on any atom is -0.494 e. The summed E-state index contributed by atoms with van der Waals surface area (Å²) >= 11 is 0. The summed E-state index contributed by atoms with van der Waals surface area (Å²) in [6.07, 6.45) is -0.629. The van der Waals surface area contributed by atoms with E-state index in [1.54, 1.807) is 0 Å². The van der Waals surface area contributed by atoms with Crippen molar-refractivity contribution in [3.8, 4) is 16.9 Å². The molecule has 1 N–H and O–H groups in total. The summed E-state index contributed by atoms with van der Waals surface area (Å²) in [6.45, 7) is 2.60. The van der Waals surface area contributed by atoms with E-state index in [9.17, 15) is 5.11 Å². The lowest BCUT2D eigenvalue weighted by atomic mass is 9.98. The van der Waals surface area contributed by atoms with E-state index in [1.165, 1.54) is 5.56 Å². The van der Waals surface area contributed by atoms with Crippen LogP contribution < -0.4 is 4.74 Å². The summed E-state index contributed by atoms with van der Waals surface area (Å²) in [5, 5.41) is 10.5. The van der Waals surface area contributed by atoms with E-state index in [0.717, 1.165) is 22.4 Å². The van der Waals surface area contributed by atoms with Crippen LogP contribution in [0.5, 0.6) is 5.75 Å². The Morgan fingerprint density at radius 1 is 0.739 bits per heavy atom. The Balaban J connectivity index is 1.78. The Labute approximate surface area is 137 Å². The van der Waals surface area contributed by atoms with Gasteiger partial charge in [0.15, 0.2) is 0 Å². The van der Waals surface area contributed by atoms with E-state index >= 15 is 0 Å². The number of rotatable bonds is 5. The number of aliphatic hydroxyl groups is 1. The van der Waals surface area contributed by atoms with E-state index < -0.39 is 6.10 Å². The first kappa shape index (κ1) is 15.3. The van der Waals surface area contributed by atoms with Crippen LogP contribution in [0.15, 0.2) is 78.9 Å². The van der Waals surface area contributed by atoms with Crippen molar-refractivity contribution in [2.45, 2.75) is 13.0 Å². The number of ether oxygens (including phenoxy) is 1. The van der Waals surface area contributed by atoms with E-state index in [4.69, 9.17) is 4.74 Å². The number of aliphatic hydroxyl groups excluding tert-OH is 1. The molecule has 2 nitrogen and oxygen atoms in total. The van der Waals surface area contributed by atoms with Crippen LogP contribution in [0.25, 0.3) is 11.1 Å². The minimum absolute atomic E-state index is 0.629. The maximum absolute atomic E-state index is 10.5. The fourth-order valence-corrected chi connectivity index (χ4v) is 2.59. The molecule has 0 aliphatic rings. The van der Waals surface area contributed by atoms with Crippen molar-refractivity contribution in [1.29, 1.82) is 0 Å². The second-order valence-corrected chi connectivity index (χ2v) is 5.39. The molecule has 2 heteroatoms. The van der Waals surface area contributed by atoms with Gasteiger partial charge in [0, 0.05) is 0 Å². The van der Waals surface area contributed by atoms with Gasteiger partial charge in [-0.25, -0.2) is 0 Å². The molecule has 0 radical (unpaired) electrons. The van der Waals surface area contributed by atoms with Crippen molar-refractivity contribution >= 4 is 0 Å². The van der Waals surface area contributed by atoms with Crippen molar-refractivity contribution in [2.24, 2.45) is 0 Å². The molecule has 0 heterocycles. The zero-order valence-electron chi connectivity index (χ0n) is 13.1. The van der Waals surface area contributed by atoms with Crippen LogP contribution in [0, 0.1) is 0 Å². The Morgan fingerprint density at radius 2 is 1.26 bits per heavy atom. The Hall–Kier alpha value is -2.58. The second-order valence-electron chi connectivity index (χ2n) is 5.39. The molecular formula is C21H20O2. The predicted octanol–water partition coefficient (Wildman–Crippen LogP) is 4.83. The topological polar surface area (TPSA) is 29.5 Å². The molecule has 0 aliphatic heterocycles. The molecule has 0 unspecified atom stereocenters. The van der Waals surface area contributed by atoms with Crippen molar-refractivity contribution < 1.29 is 9.84 Å². The van der Waals surface area contributed by atoms with Crippen molar-refractivity contribution in [3.63, 3.8) is 0 Å². The van der Waals surface area contributed by atoms with Gasteiger partial charge in [-0.05, 0) is 41.3 Å². The highest BCUT2D eigenvalue weighted by atomic mass is 16.5. The predicted molar refractivity (Wildman–Crippen MR) is 93.6 cm³/mol. The highest BCUT2D eigenvalue weighted by Crippen LogP contribution is 2.26. The average molecular weight is 304 g/mol. The summed E-state index contributed by atoms with van der Waals surface area (Å²) in [5.41, 5.74) is 4.07. The van der Waals surface area contributed by atoms with Gasteiger partial charge in [0.1, 0.15) is 11.9 Å². The van der Waals surface area contributed by atoms with E-state index in [1.807, 2.05) is 73.7 Å². The SMILES string of the molecule is CCOc1ccc([C@@H](O)c2ccc(-c3ccccc3)cc2)cc1. The third kappa shape index (κ3) is 3.61. The van der Waals surface area contributed by atoms with Crippen LogP contribution >= 0.6 is 0 Å². The van der Waals surface area contributed by atoms with Crippen molar-refractivity contribution in [1.82, 2.24) is 0 Å². The van der Waals surface area contributed by atoms with Gasteiger partial charge in [-0.3, -0.25) is 0 Å². The average Bonchev–Trinajstić information content (AvgIpc) is 2.63. The van der Waals surface area contributed by atoms with E-state index in [2.05, 4.69) is 12.1 Å². The fraction of sp³-hybridized carbons (Fsp3) is 0.143. The smallest absolute Gasteiger partial charge is 0.119 e. The number of benzene rings is 3. The van der Waals surface area contributed by atoms with Gasteiger partial charge in [-0.15, -0.1) is 0 Å². The molecule has 116 valence electrons. The second kappa shape index (κ2) is 7.12. The van der Waals surface area contributed by atoms with Gasteiger partial charge in [0.25, 0.3) is 0 Å². The molecule has 0 amide bonds. The van der Waals surface area contributed by atoms with Gasteiger partial charge in [0.05, 0.1) is 6.61 Å². The minimum atomic E-state index is -0.629. The number of hydrogen-bond donors (Lipinski definition) is 1. The van der Waals surface area contributed by atoms with Crippen LogP contribution in [0.2, 0.25) is 0 Å². The highest BCUT2D eigenvalue weighted by molar-refractivity contribution is 5.63. The van der Waals surface area contributed by atoms with Gasteiger partial charge in [0.2, 0.25) is 0 Å². The van der Waals surface area contributed by atoms with Crippen LogP contribution in [0.4, 0.5) is 0 Å². The van der Waals surface area contributed by atoms with E-state index in [0.29, 0.717) is 6.61 Å². The third-order valence-electron chi connectivity index (χ3n) is 3.84. The van der Waals surface area contributed by atoms with Crippen LogP contribution in [0.1, 0.15) is 24.2 Å². The van der Waals surface area contributed by atoms with E-state index in [-0.39, 0.29) is 0 Å². The van der Waals surface area contributed by atoms with Crippen molar-refractivity contribution in [3.05, 3.63) is 90.0 Å². The first-order chi connectivity index (χ1) is 11.3. The molecule has 0 saturated heterocycles. The first-order valence-electron chi connectivity index (χ1n) is 7.84. The van der Waals surface area contributed by atoms with Crippen LogP contribution in [-0.4, -0.2) is 11.7 Å². The molecule has 3 aromatic carbocycles. The van der Waals surface area contributed by atoms with Gasteiger partial charge in [-0.1, -0.05) is 66.7 Å². The lowest BCUT2D eigenvalue weighted by Crippen LogP contribution is -2.00. The number of hydrogen-bond acceptors (Lipinski definition) is 2. The monoisotopic (exact) mass is 304 g/mol. The molecule has 3 rings (SSSR count). The Bertz CT molecular complexity index is 731. The third-order valence-corrected chi connectivity index (χ3v) is 3.84. The molecule has 0 bridgehead atoms. The maximum Gasteiger partial charge on any atom is 0.119 e. The van der Waals surface area contributed by atoms with Gasteiger partial charge in [-0.2, -0.15) is 0 Å². The molecule has 23 heavy (non-hydrogen) atoms. The molecule has 0 fully saturated rings. The molecular weight excluding hydrogens is 284 g/mol. The van der Waals surface area contributed by atoms with Crippen LogP contribution in [-0.2, 0) is 0 Å². The molecule has 1 atom stereocenters. The normalized spacial score (nSPS) is 11.9. The Morgan fingerprint density at radius 3 is 1.83 bits per heavy atom. The van der Waals surface area contributed by atoms with Crippen LogP contribution in [0.3, 0.4) is 0 Å². The zero-order valence-corrected chi connectivity index (χ0v) is 13.1. The molecule has 0 spiro atoms. The Kier molecular flexibility index (Phi) is 4.74. The summed E-state index contributed by atoms with van der Waals surface area (Å²) in [4.78, 5) is 0. The highest BCUT2D eigenvalue weighted by Gasteiger charge is 2.10. The molecule has 0 saturated carbocycles. The molecule has 3 aromatic rings. The summed E-state index contributed by atoms with van der Waals surface area (Å²) in [6, 6.07) is 25.8. The quantitative estimate of drug-likeness (QED) is 0.731. The lowest BCUT2D eigenvalue weighted by molar-refractivity contribution is 0.220. The van der Waals surface area contributed by atoms with Gasteiger partial charge >= 0.3 is 0 Å². The first-order valence-corrected chi connectivity index (χ1v) is 7.84. The lowest BCUT2D eigenvalue weighted by Gasteiger charge is -2.13. The van der Waals surface area contributed by atoms with Crippen molar-refractivity contribution in [2.75, 3.05) is 6.61 Å². The standard InChI is InChI=1S/C21H20O2/c1-2-23-20-14-12-19(13-15-20)21(22)18-10-8-17(9-11-18)16-6-4-3-5-7-16/h3-15,21-22H,2H2,1H3/t21-/m0/s1. The molecule has 0 aromatic heterocycles. The molecule has 0 aliphatic carbocycles. The summed E-state index contributed by atoms with van der Waals surface area (Å²) in [5.74, 6) is 0.822. The summed E-state index contributed by atoms with van der Waals surface area (Å²) < 4.78 is 5.43.